The van der Waals surface area contributed by atoms with Crippen LogP contribution in [0.5, 0.6) is 0 Å². The van der Waals surface area contributed by atoms with Gasteiger partial charge in [-0.05, 0) is 48.9 Å². The maximum absolute atomic E-state index is 14.5. The number of carbonyl (C=O) groups excluding carboxylic acids is 1. The number of halogens is 1. The Bertz CT molecular complexity index is 1280. The molecule has 0 unspecified atom stereocenters. The van der Waals surface area contributed by atoms with Gasteiger partial charge in [-0.3, -0.25) is 4.79 Å². The lowest BCUT2D eigenvalue weighted by molar-refractivity contribution is 0.0737. The third-order valence-corrected chi connectivity index (χ3v) is 6.10. The first kappa shape index (κ1) is 20.9. The first-order chi connectivity index (χ1) is 16.1. The molecule has 1 aliphatic rings. The summed E-state index contributed by atoms with van der Waals surface area (Å²) >= 11 is 0. The summed E-state index contributed by atoms with van der Waals surface area (Å²) in [6, 6.07) is 26.0. The average molecular weight is 441 g/mol. The standard InChI is InChI=1S/C27H25FN4O/c1-20-9-5-8-14-25(20)30-15-17-31(18-16-30)27(33)26-19-24(22-12-6-7-13-23(22)28)29-32(26)21-10-3-2-4-11-21/h2-14,19H,15-18H2,1H3. The Labute approximate surface area is 192 Å². The Morgan fingerprint density at radius 3 is 2.24 bits per heavy atom. The van der Waals surface area contributed by atoms with Crippen LogP contribution < -0.4 is 4.90 Å². The minimum absolute atomic E-state index is 0.0987. The number of rotatable bonds is 4. The summed E-state index contributed by atoms with van der Waals surface area (Å²) in [6.45, 7) is 4.85. The van der Waals surface area contributed by atoms with Crippen LogP contribution in [0.2, 0.25) is 0 Å². The van der Waals surface area contributed by atoms with Crippen molar-refractivity contribution in [2.45, 2.75) is 6.92 Å². The van der Waals surface area contributed by atoms with Crippen molar-refractivity contribution in [1.29, 1.82) is 0 Å². The SMILES string of the molecule is Cc1ccccc1N1CCN(C(=O)c2cc(-c3ccccc3F)nn2-c2ccccc2)CC1. The third kappa shape index (κ3) is 4.12. The molecule has 0 saturated carbocycles. The van der Waals surface area contributed by atoms with Crippen LogP contribution in [-0.2, 0) is 0 Å². The fraction of sp³-hybridized carbons (Fsp3) is 0.185. The molecule has 5 rings (SSSR count). The van der Waals surface area contributed by atoms with Gasteiger partial charge < -0.3 is 9.80 Å². The first-order valence-electron chi connectivity index (χ1n) is 11.1. The van der Waals surface area contributed by atoms with Gasteiger partial charge in [0.2, 0.25) is 0 Å². The number of aryl methyl sites for hydroxylation is 1. The second-order valence-electron chi connectivity index (χ2n) is 8.21. The highest BCUT2D eigenvalue weighted by molar-refractivity contribution is 5.94. The molecule has 1 amide bonds. The first-order valence-corrected chi connectivity index (χ1v) is 11.1. The van der Waals surface area contributed by atoms with Crippen molar-refractivity contribution in [1.82, 2.24) is 14.7 Å². The van der Waals surface area contributed by atoms with E-state index in [1.54, 1.807) is 28.9 Å². The number of aromatic nitrogens is 2. The minimum atomic E-state index is -0.360. The smallest absolute Gasteiger partial charge is 0.272 e. The van der Waals surface area contributed by atoms with Crippen LogP contribution in [0.3, 0.4) is 0 Å². The summed E-state index contributed by atoms with van der Waals surface area (Å²) in [5, 5.41) is 4.62. The zero-order chi connectivity index (χ0) is 22.8. The number of anilines is 1. The third-order valence-electron chi connectivity index (χ3n) is 6.10. The van der Waals surface area contributed by atoms with E-state index in [0.717, 1.165) is 18.8 Å². The predicted octanol–water partition coefficient (Wildman–Crippen LogP) is 4.95. The molecule has 0 bridgehead atoms. The number of benzene rings is 3. The lowest BCUT2D eigenvalue weighted by Crippen LogP contribution is -2.49. The van der Waals surface area contributed by atoms with Gasteiger partial charge in [-0.2, -0.15) is 5.10 Å². The number of piperazine rings is 1. The van der Waals surface area contributed by atoms with Gasteiger partial charge in [0.1, 0.15) is 11.5 Å². The fourth-order valence-corrected chi connectivity index (χ4v) is 4.33. The number of carbonyl (C=O) groups is 1. The summed E-state index contributed by atoms with van der Waals surface area (Å²) < 4.78 is 16.1. The zero-order valence-corrected chi connectivity index (χ0v) is 18.5. The summed E-state index contributed by atoms with van der Waals surface area (Å²) in [4.78, 5) is 17.8. The number of amides is 1. The highest BCUT2D eigenvalue weighted by atomic mass is 19.1. The molecule has 6 heteroatoms. The van der Waals surface area contributed by atoms with Gasteiger partial charge in [0.15, 0.2) is 0 Å². The van der Waals surface area contributed by atoms with E-state index >= 15 is 0 Å². The van der Waals surface area contributed by atoms with Crippen molar-refractivity contribution in [3.8, 4) is 16.9 Å². The maximum atomic E-state index is 14.5. The van der Waals surface area contributed by atoms with E-state index in [0.29, 0.717) is 30.0 Å². The molecule has 33 heavy (non-hydrogen) atoms. The normalized spacial score (nSPS) is 13.9. The summed E-state index contributed by atoms with van der Waals surface area (Å²) in [7, 11) is 0. The Morgan fingerprint density at radius 1 is 0.848 bits per heavy atom. The lowest BCUT2D eigenvalue weighted by Gasteiger charge is -2.36. The van der Waals surface area contributed by atoms with Crippen LogP contribution in [0.15, 0.2) is 84.9 Å². The number of para-hydroxylation sites is 2. The van der Waals surface area contributed by atoms with Crippen LogP contribution in [0.25, 0.3) is 16.9 Å². The second-order valence-corrected chi connectivity index (χ2v) is 8.21. The van der Waals surface area contributed by atoms with Gasteiger partial charge in [-0.1, -0.05) is 48.5 Å². The Kier molecular flexibility index (Phi) is 5.65. The average Bonchev–Trinajstić information content (AvgIpc) is 3.30. The van der Waals surface area contributed by atoms with Crippen molar-refractivity contribution in [2.24, 2.45) is 0 Å². The topological polar surface area (TPSA) is 41.4 Å². The molecule has 3 aromatic carbocycles. The van der Waals surface area contributed by atoms with Gasteiger partial charge in [-0.25, -0.2) is 9.07 Å². The molecular weight excluding hydrogens is 415 g/mol. The maximum Gasteiger partial charge on any atom is 0.272 e. The van der Waals surface area contributed by atoms with Gasteiger partial charge in [-0.15, -0.1) is 0 Å². The molecule has 1 fully saturated rings. The summed E-state index contributed by atoms with van der Waals surface area (Å²) in [5.41, 5.74) is 4.46. The molecule has 0 N–H and O–H groups in total. The molecule has 5 nitrogen and oxygen atoms in total. The molecule has 0 radical (unpaired) electrons. The van der Waals surface area contributed by atoms with Crippen LogP contribution in [0.1, 0.15) is 16.1 Å². The van der Waals surface area contributed by atoms with Gasteiger partial charge in [0, 0.05) is 37.4 Å². The van der Waals surface area contributed by atoms with E-state index in [4.69, 9.17) is 0 Å². The van der Waals surface area contributed by atoms with E-state index in [-0.39, 0.29) is 11.7 Å². The van der Waals surface area contributed by atoms with E-state index in [1.165, 1.54) is 17.3 Å². The van der Waals surface area contributed by atoms with Gasteiger partial charge in [0.25, 0.3) is 5.91 Å². The predicted molar refractivity (Wildman–Crippen MR) is 128 cm³/mol. The fourth-order valence-electron chi connectivity index (χ4n) is 4.33. The quantitative estimate of drug-likeness (QED) is 0.451. The zero-order valence-electron chi connectivity index (χ0n) is 18.5. The van der Waals surface area contributed by atoms with Crippen molar-refractivity contribution < 1.29 is 9.18 Å². The number of hydrogen-bond acceptors (Lipinski definition) is 3. The van der Waals surface area contributed by atoms with E-state index in [2.05, 4.69) is 29.1 Å². The second kappa shape index (κ2) is 8.90. The molecule has 166 valence electrons. The Hall–Kier alpha value is -3.93. The van der Waals surface area contributed by atoms with Crippen molar-refractivity contribution >= 4 is 11.6 Å². The van der Waals surface area contributed by atoms with E-state index in [9.17, 15) is 9.18 Å². The van der Waals surface area contributed by atoms with Crippen molar-refractivity contribution in [2.75, 3.05) is 31.1 Å². The molecule has 4 aromatic rings. The van der Waals surface area contributed by atoms with Crippen LogP contribution in [0.4, 0.5) is 10.1 Å². The van der Waals surface area contributed by atoms with Crippen LogP contribution in [0, 0.1) is 12.7 Å². The monoisotopic (exact) mass is 440 g/mol. The highest BCUT2D eigenvalue weighted by Gasteiger charge is 2.27. The number of nitrogens with zero attached hydrogens (tertiary/aromatic N) is 4. The van der Waals surface area contributed by atoms with Crippen LogP contribution in [-0.4, -0.2) is 46.8 Å². The molecular formula is C27H25FN4O. The number of hydrogen-bond donors (Lipinski definition) is 0. The minimum Gasteiger partial charge on any atom is -0.368 e. The van der Waals surface area contributed by atoms with E-state index in [1.807, 2.05) is 47.4 Å². The molecule has 0 aliphatic carbocycles. The molecule has 1 aliphatic heterocycles. The molecule has 0 spiro atoms. The molecule has 1 aromatic heterocycles. The van der Waals surface area contributed by atoms with Crippen molar-refractivity contribution in [3.63, 3.8) is 0 Å². The largest absolute Gasteiger partial charge is 0.368 e. The molecule has 0 atom stereocenters. The van der Waals surface area contributed by atoms with Gasteiger partial charge >= 0.3 is 0 Å². The molecule has 2 heterocycles. The lowest BCUT2D eigenvalue weighted by atomic mass is 10.1. The highest BCUT2D eigenvalue weighted by Crippen LogP contribution is 2.26. The van der Waals surface area contributed by atoms with Gasteiger partial charge in [0.05, 0.1) is 11.4 Å². The Balaban J connectivity index is 1.44. The summed E-state index contributed by atoms with van der Waals surface area (Å²) in [6.07, 6.45) is 0. The summed E-state index contributed by atoms with van der Waals surface area (Å²) in [5.74, 6) is -0.459. The van der Waals surface area contributed by atoms with Crippen molar-refractivity contribution in [3.05, 3.63) is 102 Å². The van der Waals surface area contributed by atoms with E-state index < -0.39 is 0 Å². The Morgan fingerprint density at radius 2 is 1.52 bits per heavy atom. The molecule has 1 saturated heterocycles. The van der Waals surface area contributed by atoms with Crippen LogP contribution >= 0.6 is 0 Å².